The number of carbonyl (C=O) groups is 3. The van der Waals surface area contributed by atoms with Gasteiger partial charge in [-0.15, -0.1) is 0 Å². The molecule has 0 radical (unpaired) electrons. The Hall–Kier alpha value is -1.59. The topological polar surface area (TPSA) is 94.3 Å². The minimum atomic E-state index is -1.27. The fourth-order valence-electron chi connectivity index (χ4n) is 2.13. The van der Waals surface area contributed by atoms with Crippen molar-refractivity contribution in [2.24, 2.45) is 0 Å². The third-order valence-corrected chi connectivity index (χ3v) is 3.44. The summed E-state index contributed by atoms with van der Waals surface area (Å²) in [5, 5.41) is 11.4. The van der Waals surface area contributed by atoms with Crippen molar-refractivity contribution in [1.82, 2.24) is 0 Å². The molecule has 0 saturated carbocycles. The van der Waals surface area contributed by atoms with Crippen LogP contribution in [0, 0.1) is 10.1 Å². The molecule has 0 bridgehead atoms. The van der Waals surface area contributed by atoms with Crippen LogP contribution >= 0.6 is 0 Å². The Labute approximate surface area is 119 Å². The number of ketones is 3. The van der Waals surface area contributed by atoms with E-state index < -0.39 is 5.54 Å². The van der Waals surface area contributed by atoms with Crippen LogP contribution in [0.3, 0.4) is 0 Å². The van der Waals surface area contributed by atoms with Gasteiger partial charge in [-0.2, -0.15) is 0 Å². The third-order valence-electron chi connectivity index (χ3n) is 3.44. The minimum absolute atomic E-state index is 0.0135. The van der Waals surface area contributed by atoms with Gasteiger partial charge in [-0.25, -0.2) is 0 Å². The molecule has 6 nitrogen and oxygen atoms in total. The highest BCUT2D eigenvalue weighted by molar-refractivity contribution is 5.76. The van der Waals surface area contributed by atoms with Gasteiger partial charge in [0.15, 0.2) is 0 Å². The molecular weight excluding hydrogens is 262 g/mol. The first-order chi connectivity index (χ1) is 9.19. The number of carbonyl (C=O) groups excluding carboxylic acids is 3. The first-order valence-electron chi connectivity index (χ1n) is 6.82. The number of Topliss-reactive ketones (excluding diaryl/α,β-unsaturated/α-hetero) is 3. The Balaban J connectivity index is 4.89. The molecule has 0 N–H and O–H groups in total. The van der Waals surface area contributed by atoms with E-state index in [2.05, 4.69) is 0 Å². The second-order valence-corrected chi connectivity index (χ2v) is 5.44. The summed E-state index contributed by atoms with van der Waals surface area (Å²) in [4.78, 5) is 44.2. The monoisotopic (exact) mass is 285 g/mol. The second-order valence-electron chi connectivity index (χ2n) is 5.44. The molecule has 0 aliphatic rings. The molecule has 0 aliphatic heterocycles. The lowest BCUT2D eigenvalue weighted by Crippen LogP contribution is -2.39. The summed E-state index contributed by atoms with van der Waals surface area (Å²) in [5.74, 6) is -0.225. The summed E-state index contributed by atoms with van der Waals surface area (Å²) in [6.45, 7) is 4.23. The van der Waals surface area contributed by atoms with Gasteiger partial charge in [0, 0.05) is 43.4 Å². The number of hydrogen-bond donors (Lipinski definition) is 0. The maximum Gasteiger partial charge on any atom is 0.223 e. The summed E-state index contributed by atoms with van der Waals surface area (Å²) in [5.41, 5.74) is -1.27. The van der Waals surface area contributed by atoms with Gasteiger partial charge in [0.05, 0.1) is 0 Å². The lowest BCUT2D eigenvalue weighted by molar-refractivity contribution is -0.573. The van der Waals surface area contributed by atoms with Crippen molar-refractivity contribution in [2.45, 2.75) is 71.3 Å². The van der Waals surface area contributed by atoms with E-state index in [0.29, 0.717) is 6.42 Å². The Morgan fingerprint density at radius 2 is 1.25 bits per heavy atom. The van der Waals surface area contributed by atoms with E-state index in [4.69, 9.17) is 0 Å². The Bertz CT molecular complexity index is 371. The Morgan fingerprint density at radius 3 is 1.55 bits per heavy atom. The summed E-state index contributed by atoms with van der Waals surface area (Å²) in [6, 6.07) is 0. The van der Waals surface area contributed by atoms with Gasteiger partial charge < -0.3 is 14.4 Å². The molecule has 0 fully saturated rings. The average molecular weight is 285 g/mol. The maximum atomic E-state index is 11.4. The lowest BCUT2D eigenvalue weighted by atomic mass is 9.82. The molecule has 20 heavy (non-hydrogen) atoms. The first kappa shape index (κ1) is 18.4. The van der Waals surface area contributed by atoms with E-state index in [-0.39, 0.29) is 60.8 Å². The van der Waals surface area contributed by atoms with Crippen molar-refractivity contribution < 1.29 is 19.3 Å². The van der Waals surface area contributed by atoms with Crippen molar-refractivity contribution in [2.75, 3.05) is 0 Å². The van der Waals surface area contributed by atoms with Gasteiger partial charge in [0.2, 0.25) is 5.54 Å². The van der Waals surface area contributed by atoms with Crippen molar-refractivity contribution in [3.63, 3.8) is 0 Å². The van der Waals surface area contributed by atoms with Gasteiger partial charge in [0.25, 0.3) is 0 Å². The summed E-state index contributed by atoms with van der Waals surface area (Å²) >= 11 is 0. The van der Waals surface area contributed by atoms with Crippen molar-refractivity contribution in [3.05, 3.63) is 10.1 Å². The zero-order valence-electron chi connectivity index (χ0n) is 12.4. The molecule has 0 heterocycles. The molecule has 0 aromatic heterocycles. The predicted molar refractivity (Wildman–Crippen MR) is 74.1 cm³/mol. The molecule has 0 aromatic carbocycles. The third kappa shape index (κ3) is 7.11. The van der Waals surface area contributed by atoms with E-state index >= 15 is 0 Å². The fourth-order valence-corrected chi connectivity index (χ4v) is 2.13. The average Bonchev–Trinajstić information content (AvgIpc) is 2.31. The lowest BCUT2D eigenvalue weighted by Gasteiger charge is -2.24. The van der Waals surface area contributed by atoms with Gasteiger partial charge >= 0.3 is 0 Å². The van der Waals surface area contributed by atoms with Crippen LogP contribution in [0.4, 0.5) is 0 Å². The molecule has 0 atom stereocenters. The van der Waals surface area contributed by atoms with Gasteiger partial charge in [0.1, 0.15) is 17.3 Å². The summed E-state index contributed by atoms with van der Waals surface area (Å²) in [7, 11) is 0. The number of nitro groups is 1. The Morgan fingerprint density at radius 1 is 0.850 bits per heavy atom. The van der Waals surface area contributed by atoms with E-state index in [0.717, 1.165) is 0 Å². The zero-order valence-corrected chi connectivity index (χ0v) is 12.4. The zero-order chi connectivity index (χ0) is 15.8. The Kier molecular flexibility index (Phi) is 7.87. The fraction of sp³-hybridized carbons (Fsp3) is 0.786. The van der Waals surface area contributed by atoms with E-state index in [1.807, 2.05) is 0 Å². The molecule has 0 rings (SSSR count). The van der Waals surface area contributed by atoms with Gasteiger partial charge in [-0.05, 0) is 27.2 Å². The molecule has 0 spiro atoms. The molecule has 0 amide bonds. The minimum Gasteiger partial charge on any atom is -0.300 e. The van der Waals surface area contributed by atoms with Gasteiger partial charge in [-0.3, -0.25) is 10.1 Å². The predicted octanol–water partition coefficient (Wildman–Crippen LogP) is 2.50. The van der Waals surface area contributed by atoms with E-state index in [9.17, 15) is 24.5 Å². The van der Waals surface area contributed by atoms with Crippen LogP contribution in [-0.2, 0) is 14.4 Å². The SMILES string of the molecule is CC(=O)CCCC(CCC(C)=O)(CCC(C)=O)[N+](=O)[O-]. The highest BCUT2D eigenvalue weighted by Gasteiger charge is 2.41. The molecular formula is C14H23NO5. The number of nitrogens with zero attached hydrogens (tertiary/aromatic N) is 1. The maximum absolute atomic E-state index is 11.4. The van der Waals surface area contributed by atoms with Crippen molar-refractivity contribution in [3.8, 4) is 0 Å². The van der Waals surface area contributed by atoms with Crippen LogP contribution in [0.15, 0.2) is 0 Å². The van der Waals surface area contributed by atoms with Crippen LogP contribution in [0.1, 0.15) is 65.7 Å². The number of hydrogen-bond acceptors (Lipinski definition) is 5. The molecule has 0 aromatic rings. The molecule has 6 heteroatoms. The van der Waals surface area contributed by atoms with Crippen molar-refractivity contribution in [1.29, 1.82) is 0 Å². The van der Waals surface area contributed by atoms with E-state index in [1.165, 1.54) is 20.8 Å². The van der Waals surface area contributed by atoms with Gasteiger partial charge in [-0.1, -0.05) is 0 Å². The summed E-state index contributed by atoms with van der Waals surface area (Å²) in [6.07, 6.45) is 1.42. The number of rotatable bonds is 11. The normalized spacial score (nSPS) is 11.2. The highest BCUT2D eigenvalue weighted by Crippen LogP contribution is 2.30. The summed E-state index contributed by atoms with van der Waals surface area (Å²) < 4.78 is 0. The standard InChI is InChI=1S/C14H23NO5/c1-11(16)5-4-8-14(15(19)20,9-6-12(2)17)10-7-13(3)18/h4-10H2,1-3H3. The first-order valence-corrected chi connectivity index (χ1v) is 6.82. The second kappa shape index (κ2) is 8.55. The molecule has 114 valence electrons. The quantitative estimate of drug-likeness (QED) is 0.429. The molecule has 0 aliphatic carbocycles. The molecule has 0 unspecified atom stereocenters. The molecule has 0 saturated heterocycles. The van der Waals surface area contributed by atoms with Crippen molar-refractivity contribution >= 4 is 17.3 Å². The van der Waals surface area contributed by atoms with Crippen LogP contribution in [0.5, 0.6) is 0 Å². The smallest absolute Gasteiger partial charge is 0.223 e. The van der Waals surface area contributed by atoms with Crippen LogP contribution in [-0.4, -0.2) is 27.8 Å². The van der Waals surface area contributed by atoms with E-state index in [1.54, 1.807) is 0 Å². The van der Waals surface area contributed by atoms with Crippen LogP contribution in [0.25, 0.3) is 0 Å². The largest absolute Gasteiger partial charge is 0.300 e. The van der Waals surface area contributed by atoms with Crippen LogP contribution < -0.4 is 0 Å². The van der Waals surface area contributed by atoms with Crippen LogP contribution in [0.2, 0.25) is 0 Å². The highest BCUT2D eigenvalue weighted by atomic mass is 16.6.